The molecule has 0 spiro atoms. The lowest BCUT2D eigenvalue weighted by atomic mass is 9.95. The summed E-state index contributed by atoms with van der Waals surface area (Å²) in [6.07, 6.45) is 5.94. The predicted molar refractivity (Wildman–Crippen MR) is 63.2 cm³/mol. The molecule has 0 aromatic heterocycles. The molecule has 4 heteroatoms. The first kappa shape index (κ1) is 12.6. The summed E-state index contributed by atoms with van der Waals surface area (Å²) in [5.41, 5.74) is 0.0341. The summed E-state index contributed by atoms with van der Waals surface area (Å²) >= 11 is 0. The second kappa shape index (κ2) is 5.06. The molecule has 0 aromatic rings. The van der Waals surface area contributed by atoms with E-state index < -0.39 is 8.32 Å². The van der Waals surface area contributed by atoms with Crippen molar-refractivity contribution in [2.45, 2.75) is 57.3 Å². The molecule has 1 aliphatic heterocycles. The van der Waals surface area contributed by atoms with E-state index in [1.54, 1.807) is 6.08 Å². The van der Waals surface area contributed by atoms with Crippen LogP contribution >= 0.6 is 0 Å². The number of aliphatic imine (C=N–C) groups is 1. The van der Waals surface area contributed by atoms with Gasteiger partial charge in [-0.15, -0.1) is 0 Å². The van der Waals surface area contributed by atoms with Crippen molar-refractivity contribution in [2.75, 3.05) is 6.54 Å². The summed E-state index contributed by atoms with van der Waals surface area (Å²) in [6.45, 7) is 7.36. The van der Waals surface area contributed by atoms with Crippen LogP contribution in [0, 0.1) is 0 Å². The van der Waals surface area contributed by atoms with Gasteiger partial charge in [-0.3, -0.25) is 0 Å². The van der Waals surface area contributed by atoms with Crippen molar-refractivity contribution >= 4 is 14.4 Å². The van der Waals surface area contributed by atoms with Gasteiger partial charge in [-0.25, -0.2) is 9.79 Å². The zero-order valence-corrected chi connectivity index (χ0v) is 11.0. The number of isocyanates is 1. The van der Waals surface area contributed by atoms with Gasteiger partial charge >= 0.3 is 0 Å². The normalized spacial score (nSPS) is 29.5. The van der Waals surface area contributed by atoms with Crippen LogP contribution in [0.15, 0.2) is 4.99 Å². The summed E-state index contributed by atoms with van der Waals surface area (Å²) in [6, 6.07) is 1.27. The monoisotopic (exact) mass is 227 g/mol. The zero-order chi connectivity index (χ0) is 11.4. The Morgan fingerprint density at radius 3 is 2.87 bits per heavy atom. The Labute approximate surface area is 93.1 Å². The maximum absolute atomic E-state index is 9.92. The third kappa shape index (κ3) is 4.28. The van der Waals surface area contributed by atoms with Gasteiger partial charge in [-0.1, -0.05) is 6.42 Å². The van der Waals surface area contributed by atoms with E-state index in [-0.39, 0.29) is 5.60 Å². The summed E-state index contributed by atoms with van der Waals surface area (Å²) in [5, 5.41) is 0. The highest BCUT2D eigenvalue weighted by Crippen LogP contribution is 2.36. The number of carbonyl (C=O) groups excluding carboxylic acids is 1. The van der Waals surface area contributed by atoms with E-state index in [2.05, 4.69) is 25.0 Å². The van der Waals surface area contributed by atoms with Gasteiger partial charge < -0.3 is 4.43 Å². The first-order valence-electron chi connectivity index (χ1n) is 5.71. The molecule has 15 heavy (non-hydrogen) atoms. The van der Waals surface area contributed by atoms with Crippen molar-refractivity contribution in [1.29, 1.82) is 0 Å². The van der Waals surface area contributed by atoms with Gasteiger partial charge in [0, 0.05) is 0 Å². The Balaban J connectivity index is 2.40. The number of nitrogens with zero attached hydrogens (tertiary/aromatic N) is 1. The molecule has 1 unspecified atom stereocenters. The van der Waals surface area contributed by atoms with Gasteiger partial charge in [0.25, 0.3) is 0 Å². The maximum atomic E-state index is 9.92. The third-order valence-electron chi connectivity index (χ3n) is 3.05. The van der Waals surface area contributed by atoms with Crippen molar-refractivity contribution in [3.05, 3.63) is 0 Å². The van der Waals surface area contributed by atoms with Crippen molar-refractivity contribution in [2.24, 2.45) is 4.99 Å². The molecular weight excluding hydrogens is 206 g/mol. The molecule has 0 aromatic carbocycles. The standard InChI is InChI=1S/C11H21NO2Si/c1-11(6-4-8-12-10-13)7-5-9-15(2,3)14-11/h4-9H2,1-3H3. The van der Waals surface area contributed by atoms with E-state index in [1.165, 1.54) is 12.5 Å². The van der Waals surface area contributed by atoms with Crippen LogP contribution in [0.4, 0.5) is 0 Å². The Morgan fingerprint density at radius 2 is 2.27 bits per heavy atom. The van der Waals surface area contributed by atoms with E-state index in [0.29, 0.717) is 6.54 Å². The molecule has 1 heterocycles. The quantitative estimate of drug-likeness (QED) is 0.320. The summed E-state index contributed by atoms with van der Waals surface area (Å²) in [4.78, 5) is 13.5. The molecule has 0 bridgehead atoms. The third-order valence-corrected chi connectivity index (χ3v) is 5.65. The van der Waals surface area contributed by atoms with Crippen LogP contribution in [0.2, 0.25) is 19.1 Å². The van der Waals surface area contributed by atoms with Crippen LogP contribution in [0.1, 0.15) is 32.6 Å². The highest BCUT2D eigenvalue weighted by molar-refractivity contribution is 6.71. The Bertz CT molecular complexity index is 261. The second-order valence-electron chi connectivity index (χ2n) is 5.24. The lowest BCUT2D eigenvalue weighted by Gasteiger charge is -2.42. The fraction of sp³-hybridized carbons (Fsp3) is 0.909. The first-order valence-corrected chi connectivity index (χ1v) is 8.83. The topological polar surface area (TPSA) is 38.7 Å². The predicted octanol–water partition coefficient (Wildman–Crippen LogP) is 2.88. The molecule has 1 fully saturated rings. The van der Waals surface area contributed by atoms with Crippen LogP contribution in [-0.2, 0) is 9.22 Å². The van der Waals surface area contributed by atoms with Crippen LogP contribution in [0.25, 0.3) is 0 Å². The lowest BCUT2D eigenvalue weighted by molar-refractivity contribution is 0.0431. The van der Waals surface area contributed by atoms with Crippen molar-refractivity contribution in [3.63, 3.8) is 0 Å². The fourth-order valence-corrected chi connectivity index (χ4v) is 5.08. The van der Waals surface area contributed by atoms with Crippen molar-refractivity contribution in [3.8, 4) is 0 Å². The van der Waals surface area contributed by atoms with Gasteiger partial charge in [-0.2, -0.15) is 0 Å². The van der Waals surface area contributed by atoms with E-state index in [9.17, 15) is 4.79 Å². The Hall–Kier alpha value is -0.443. The van der Waals surface area contributed by atoms with Crippen LogP contribution < -0.4 is 0 Å². The van der Waals surface area contributed by atoms with Crippen LogP contribution in [0.3, 0.4) is 0 Å². The second-order valence-corrected chi connectivity index (χ2v) is 9.47. The highest BCUT2D eigenvalue weighted by Gasteiger charge is 2.37. The van der Waals surface area contributed by atoms with Gasteiger partial charge in [-0.05, 0) is 45.3 Å². The molecule has 1 saturated heterocycles. The van der Waals surface area contributed by atoms with Crippen LogP contribution in [0.5, 0.6) is 0 Å². The van der Waals surface area contributed by atoms with E-state index >= 15 is 0 Å². The molecule has 1 aliphatic rings. The zero-order valence-electron chi connectivity index (χ0n) is 10.0. The molecular formula is C11H21NO2Si. The fourth-order valence-electron chi connectivity index (χ4n) is 2.41. The summed E-state index contributed by atoms with van der Waals surface area (Å²) in [5.74, 6) is 0. The van der Waals surface area contributed by atoms with Gasteiger partial charge in [0.05, 0.1) is 12.1 Å². The van der Waals surface area contributed by atoms with E-state index in [4.69, 9.17) is 4.43 Å². The number of hydrogen-bond donors (Lipinski definition) is 0. The average Bonchev–Trinajstić information content (AvgIpc) is 2.10. The Morgan fingerprint density at radius 1 is 1.53 bits per heavy atom. The van der Waals surface area contributed by atoms with Crippen molar-refractivity contribution in [1.82, 2.24) is 0 Å². The summed E-state index contributed by atoms with van der Waals surface area (Å²) < 4.78 is 6.24. The Kier molecular flexibility index (Phi) is 4.26. The molecule has 0 radical (unpaired) electrons. The van der Waals surface area contributed by atoms with Crippen LogP contribution in [-0.4, -0.2) is 26.5 Å². The van der Waals surface area contributed by atoms with Gasteiger partial charge in [0.2, 0.25) is 6.08 Å². The molecule has 0 aliphatic carbocycles. The molecule has 0 N–H and O–H groups in total. The number of hydrogen-bond acceptors (Lipinski definition) is 3. The summed E-state index contributed by atoms with van der Waals surface area (Å²) in [7, 11) is -1.40. The van der Waals surface area contributed by atoms with Gasteiger partial charge in [0.1, 0.15) is 0 Å². The molecule has 0 saturated carbocycles. The molecule has 86 valence electrons. The average molecular weight is 227 g/mol. The van der Waals surface area contributed by atoms with E-state index in [0.717, 1.165) is 19.3 Å². The minimum Gasteiger partial charge on any atom is -0.412 e. The first-order chi connectivity index (χ1) is 6.97. The lowest BCUT2D eigenvalue weighted by Crippen LogP contribution is -2.46. The highest BCUT2D eigenvalue weighted by atomic mass is 28.4. The molecule has 0 amide bonds. The maximum Gasteiger partial charge on any atom is 0.234 e. The molecule has 1 rings (SSSR count). The SMILES string of the molecule is CC1(CCCN=C=O)CCC[Si](C)(C)O1. The van der Waals surface area contributed by atoms with E-state index in [1.807, 2.05) is 0 Å². The number of rotatable bonds is 4. The smallest absolute Gasteiger partial charge is 0.234 e. The minimum absolute atomic E-state index is 0.0341. The molecule has 3 nitrogen and oxygen atoms in total. The largest absolute Gasteiger partial charge is 0.412 e. The van der Waals surface area contributed by atoms with Crippen molar-refractivity contribution < 1.29 is 9.22 Å². The molecule has 1 atom stereocenters. The minimum atomic E-state index is -1.40. The van der Waals surface area contributed by atoms with Gasteiger partial charge in [0.15, 0.2) is 8.32 Å².